The summed E-state index contributed by atoms with van der Waals surface area (Å²) in [4.78, 5) is 2.49. The van der Waals surface area contributed by atoms with E-state index in [0.29, 0.717) is 6.04 Å². The van der Waals surface area contributed by atoms with Gasteiger partial charge in [0.1, 0.15) is 0 Å². The molecule has 16 heavy (non-hydrogen) atoms. The third-order valence-electron chi connectivity index (χ3n) is 4.30. The molecule has 0 amide bonds. The molecule has 94 valence electrons. The van der Waals surface area contributed by atoms with Gasteiger partial charge in [0.2, 0.25) is 0 Å². The van der Waals surface area contributed by atoms with Crippen LogP contribution in [-0.4, -0.2) is 44.3 Å². The van der Waals surface area contributed by atoms with Crippen molar-refractivity contribution >= 4 is 0 Å². The van der Waals surface area contributed by atoms with Crippen molar-refractivity contribution in [3.8, 4) is 0 Å². The molecule has 2 aliphatic rings. The van der Waals surface area contributed by atoms with E-state index in [1.165, 1.54) is 38.6 Å². The summed E-state index contributed by atoms with van der Waals surface area (Å²) in [5.41, 5.74) is 5.92. The maximum Gasteiger partial charge on any atom is 0.0506 e. The van der Waals surface area contributed by atoms with Gasteiger partial charge in [0, 0.05) is 25.7 Å². The van der Waals surface area contributed by atoms with E-state index in [9.17, 15) is 0 Å². The third kappa shape index (κ3) is 2.96. The Morgan fingerprint density at radius 2 is 2.12 bits per heavy atom. The largest absolute Gasteiger partial charge is 0.381 e. The minimum absolute atomic E-state index is 0.607. The highest BCUT2D eigenvalue weighted by molar-refractivity contribution is 4.85. The van der Waals surface area contributed by atoms with Crippen LogP contribution in [-0.2, 0) is 4.74 Å². The summed E-state index contributed by atoms with van der Waals surface area (Å²) in [5, 5.41) is 0. The van der Waals surface area contributed by atoms with Gasteiger partial charge in [0.15, 0.2) is 0 Å². The summed E-state index contributed by atoms with van der Waals surface area (Å²) < 4.78 is 5.54. The van der Waals surface area contributed by atoms with Gasteiger partial charge in [-0.3, -0.25) is 0 Å². The lowest BCUT2D eigenvalue weighted by Crippen LogP contribution is -2.48. The Morgan fingerprint density at radius 3 is 2.62 bits per heavy atom. The van der Waals surface area contributed by atoms with Crippen molar-refractivity contribution in [2.75, 3.05) is 33.4 Å². The number of ether oxygens (including phenoxy) is 1. The molecule has 0 bridgehead atoms. The average molecular weight is 226 g/mol. The highest BCUT2D eigenvalue weighted by Crippen LogP contribution is 2.32. The summed E-state index contributed by atoms with van der Waals surface area (Å²) in [6.45, 7) is 3.89. The second-order valence-electron chi connectivity index (χ2n) is 5.52. The normalized spacial score (nSPS) is 29.1. The van der Waals surface area contributed by atoms with Crippen molar-refractivity contribution in [2.24, 2.45) is 17.6 Å². The first-order valence-corrected chi connectivity index (χ1v) is 6.79. The molecule has 2 fully saturated rings. The molecule has 0 radical (unpaired) electrons. The zero-order chi connectivity index (χ0) is 11.4. The SMILES string of the molecule is CN(CC1CCCOC1)C(CN)C1CCC1. The Labute approximate surface area is 99.3 Å². The second-order valence-corrected chi connectivity index (χ2v) is 5.52. The van der Waals surface area contributed by atoms with Gasteiger partial charge >= 0.3 is 0 Å². The fourth-order valence-corrected chi connectivity index (χ4v) is 3.05. The van der Waals surface area contributed by atoms with E-state index in [1.807, 2.05) is 0 Å². The first-order chi connectivity index (χ1) is 7.81. The fraction of sp³-hybridized carbons (Fsp3) is 1.00. The molecule has 1 saturated heterocycles. The van der Waals surface area contributed by atoms with Crippen LogP contribution in [0.2, 0.25) is 0 Å². The minimum atomic E-state index is 0.607. The van der Waals surface area contributed by atoms with Crippen molar-refractivity contribution in [1.29, 1.82) is 0 Å². The summed E-state index contributed by atoms with van der Waals surface area (Å²) in [5.74, 6) is 1.59. The molecule has 2 N–H and O–H groups in total. The van der Waals surface area contributed by atoms with Gasteiger partial charge in [-0.25, -0.2) is 0 Å². The lowest BCUT2D eigenvalue weighted by Gasteiger charge is -2.40. The van der Waals surface area contributed by atoms with Crippen molar-refractivity contribution in [3.05, 3.63) is 0 Å². The quantitative estimate of drug-likeness (QED) is 0.771. The van der Waals surface area contributed by atoms with Crippen molar-refractivity contribution in [1.82, 2.24) is 4.90 Å². The average Bonchev–Trinajstić information content (AvgIpc) is 2.24. The second kappa shape index (κ2) is 5.99. The molecule has 3 nitrogen and oxygen atoms in total. The number of hydrogen-bond acceptors (Lipinski definition) is 3. The van der Waals surface area contributed by atoms with Crippen LogP contribution in [0.4, 0.5) is 0 Å². The summed E-state index contributed by atoms with van der Waals surface area (Å²) >= 11 is 0. The summed E-state index contributed by atoms with van der Waals surface area (Å²) in [6, 6.07) is 0.607. The first-order valence-electron chi connectivity index (χ1n) is 6.79. The monoisotopic (exact) mass is 226 g/mol. The number of likely N-dealkylation sites (N-methyl/N-ethyl adjacent to an activating group) is 1. The van der Waals surface area contributed by atoms with Gasteiger partial charge in [-0.15, -0.1) is 0 Å². The molecule has 1 aliphatic heterocycles. The molecule has 3 heteroatoms. The molecule has 0 aromatic carbocycles. The number of nitrogens with two attached hydrogens (primary N) is 1. The first kappa shape index (κ1) is 12.3. The van der Waals surface area contributed by atoms with E-state index in [4.69, 9.17) is 10.5 Å². The third-order valence-corrected chi connectivity index (χ3v) is 4.30. The fourth-order valence-electron chi connectivity index (χ4n) is 3.05. The number of nitrogens with zero attached hydrogens (tertiary/aromatic N) is 1. The highest BCUT2D eigenvalue weighted by atomic mass is 16.5. The molecule has 2 unspecified atom stereocenters. The molecule has 1 heterocycles. The Kier molecular flexibility index (Phi) is 4.62. The highest BCUT2D eigenvalue weighted by Gasteiger charge is 2.30. The van der Waals surface area contributed by atoms with Crippen LogP contribution < -0.4 is 5.73 Å². The van der Waals surface area contributed by atoms with E-state index in [2.05, 4.69) is 11.9 Å². The van der Waals surface area contributed by atoms with Crippen LogP contribution in [0.25, 0.3) is 0 Å². The predicted molar refractivity (Wildman–Crippen MR) is 66.4 cm³/mol. The Hall–Kier alpha value is -0.120. The smallest absolute Gasteiger partial charge is 0.0506 e. The number of rotatable bonds is 5. The Bertz CT molecular complexity index is 200. The molecular formula is C13H26N2O. The minimum Gasteiger partial charge on any atom is -0.381 e. The Morgan fingerprint density at radius 1 is 1.31 bits per heavy atom. The van der Waals surface area contributed by atoms with Crippen LogP contribution in [0.15, 0.2) is 0 Å². The molecule has 1 aliphatic carbocycles. The summed E-state index contributed by atoms with van der Waals surface area (Å²) in [7, 11) is 2.24. The lowest BCUT2D eigenvalue weighted by molar-refractivity contribution is 0.0262. The van der Waals surface area contributed by atoms with Crippen LogP contribution in [0, 0.1) is 11.8 Å². The standard InChI is InChI=1S/C13H26N2O/c1-15(9-11-4-3-7-16-10-11)13(8-14)12-5-2-6-12/h11-13H,2-10,14H2,1H3. The molecule has 0 aromatic rings. The maximum atomic E-state index is 5.92. The summed E-state index contributed by atoms with van der Waals surface area (Å²) in [6.07, 6.45) is 6.73. The molecule has 2 rings (SSSR count). The van der Waals surface area contributed by atoms with Crippen molar-refractivity contribution < 1.29 is 4.74 Å². The van der Waals surface area contributed by atoms with Gasteiger partial charge in [-0.05, 0) is 44.6 Å². The van der Waals surface area contributed by atoms with E-state index in [1.54, 1.807) is 0 Å². The van der Waals surface area contributed by atoms with Crippen LogP contribution >= 0.6 is 0 Å². The molecule has 0 spiro atoms. The number of hydrogen-bond donors (Lipinski definition) is 1. The van der Waals surface area contributed by atoms with E-state index in [0.717, 1.165) is 31.6 Å². The molecule has 2 atom stereocenters. The van der Waals surface area contributed by atoms with Gasteiger partial charge < -0.3 is 15.4 Å². The van der Waals surface area contributed by atoms with Crippen molar-refractivity contribution in [3.63, 3.8) is 0 Å². The van der Waals surface area contributed by atoms with Crippen LogP contribution in [0.3, 0.4) is 0 Å². The zero-order valence-electron chi connectivity index (χ0n) is 10.5. The van der Waals surface area contributed by atoms with E-state index < -0.39 is 0 Å². The lowest BCUT2D eigenvalue weighted by atomic mass is 9.79. The molecule has 0 aromatic heterocycles. The van der Waals surface area contributed by atoms with Crippen LogP contribution in [0.1, 0.15) is 32.1 Å². The van der Waals surface area contributed by atoms with Crippen molar-refractivity contribution in [2.45, 2.75) is 38.1 Å². The van der Waals surface area contributed by atoms with E-state index >= 15 is 0 Å². The van der Waals surface area contributed by atoms with Crippen LogP contribution in [0.5, 0.6) is 0 Å². The molecule has 1 saturated carbocycles. The predicted octanol–water partition coefficient (Wildman–Crippen LogP) is 1.47. The van der Waals surface area contributed by atoms with Gasteiger partial charge in [0.25, 0.3) is 0 Å². The van der Waals surface area contributed by atoms with Gasteiger partial charge in [-0.1, -0.05) is 6.42 Å². The van der Waals surface area contributed by atoms with Gasteiger partial charge in [-0.2, -0.15) is 0 Å². The van der Waals surface area contributed by atoms with E-state index in [-0.39, 0.29) is 0 Å². The van der Waals surface area contributed by atoms with Gasteiger partial charge in [0.05, 0.1) is 6.61 Å². The molecular weight excluding hydrogens is 200 g/mol. The Balaban J connectivity index is 1.77. The zero-order valence-corrected chi connectivity index (χ0v) is 10.5. The topological polar surface area (TPSA) is 38.5 Å². The maximum absolute atomic E-state index is 5.92.